The first-order valence-electron chi connectivity index (χ1n) is 14.3. The predicted octanol–water partition coefficient (Wildman–Crippen LogP) is 7.58. The number of aromatic nitrogens is 4. The first-order chi connectivity index (χ1) is 20.2. The average Bonchev–Trinajstić information content (AvgIpc) is 3.63. The van der Waals surface area contributed by atoms with Gasteiger partial charge in [-0.2, -0.15) is 0 Å². The summed E-state index contributed by atoms with van der Waals surface area (Å²) in [6.45, 7) is 16.4. The number of aryl methyl sites for hydroxylation is 2. The molecule has 0 fully saturated rings. The van der Waals surface area contributed by atoms with E-state index in [0.717, 1.165) is 95.7 Å². The van der Waals surface area contributed by atoms with Crippen molar-refractivity contribution in [3.63, 3.8) is 0 Å². The number of aldehydes is 1. The van der Waals surface area contributed by atoms with E-state index < -0.39 is 0 Å². The van der Waals surface area contributed by atoms with Gasteiger partial charge >= 0.3 is 0 Å². The molecule has 8 bridgehead atoms. The van der Waals surface area contributed by atoms with Crippen molar-refractivity contribution in [2.45, 2.75) is 53.4 Å². The van der Waals surface area contributed by atoms with Gasteiger partial charge in [-0.1, -0.05) is 25.3 Å². The van der Waals surface area contributed by atoms with Crippen molar-refractivity contribution in [1.82, 2.24) is 25.3 Å². The molecule has 0 aromatic carbocycles. The molecule has 214 valence electrons. The van der Waals surface area contributed by atoms with Gasteiger partial charge in [0.1, 0.15) is 6.29 Å². The lowest BCUT2D eigenvalue weighted by Crippen LogP contribution is -2.17. The smallest absolute Gasteiger partial charge is 0.220 e. The molecular weight excluding hydrogens is 522 g/mol. The molecular formula is C35H37N5O2. The van der Waals surface area contributed by atoms with Gasteiger partial charge in [-0.15, -0.1) is 0 Å². The molecule has 7 heteroatoms. The topological polar surface area (TPSA) is 104 Å². The van der Waals surface area contributed by atoms with E-state index in [1.807, 2.05) is 18.2 Å². The van der Waals surface area contributed by atoms with Gasteiger partial charge in [0.25, 0.3) is 0 Å². The Balaban J connectivity index is 1.92. The first kappa shape index (κ1) is 28.7. The molecule has 0 aliphatic carbocycles. The van der Waals surface area contributed by atoms with Crippen molar-refractivity contribution < 1.29 is 9.59 Å². The summed E-state index contributed by atoms with van der Waals surface area (Å²) in [7, 11) is 1.65. The van der Waals surface area contributed by atoms with Gasteiger partial charge in [-0.3, -0.25) is 4.79 Å². The third kappa shape index (κ3) is 5.07. The van der Waals surface area contributed by atoms with Crippen LogP contribution in [0.15, 0.2) is 37.4 Å². The second-order valence-electron chi connectivity index (χ2n) is 10.8. The molecule has 0 spiro atoms. The van der Waals surface area contributed by atoms with Crippen LogP contribution in [0.1, 0.15) is 84.6 Å². The van der Waals surface area contributed by atoms with Crippen LogP contribution in [0, 0.1) is 13.8 Å². The normalized spacial score (nSPS) is 13.0. The predicted molar refractivity (Wildman–Crippen MR) is 174 cm³/mol. The summed E-state index contributed by atoms with van der Waals surface area (Å²) >= 11 is 0. The summed E-state index contributed by atoms with van der Waals surface area (Å²) in [6.07, 6.45) is 6.58. The van der Waals surface area contributed by atoms with Crippen LogP contribution in [0.5, 0.6) is 0 Å². The Hall–Kier alpha value is -4.78. The van der Waals surface area contributed by atoms with E-state index in [4.69, 9.17) is 9.97 Å². The Bertz CT molecular complexity index is 1880. The van der Waals surface area contributed by atoms with Crippen molar-refractivity contribution in [3.05, 3.63) is 82.5 Å². The van der Waals surface area contributed by atoms with E-state index in [9.17, 15) is 9.59 Å². The van der Waals surface area contributed by atoms with E-state index in [0.29, 0.717) is 25.7 Å². The fourth-order valence-electron chi connectivity index (χ4n) is 5.87. The van der Waals surface area contributed by atoms with Crippen molar-refractivity contribution in [3.8, 4) is 0 Å². The lowest BCUT2D eigenvalue weighted by atomic mass is 9.98. The van der Waals surface area contributed by atoms with Crippen LogP contribution in [0.3, 0.4) is 0 Å². The van der Waals surface area contributed by atoms with Crippen LogP contribution < -0.4 is 5.32 Å². The van der Waals surface area contributed by atoms with E-state index in [2.05, 4.69) is 74.3 Å². The number of carbonyl (C=O) groups is 2. The Morgan fingerprint density at radius 3 is 1.79 bits per heavy atom. The molecule has 5 heterocycles. The van der Waals surface area contributed by atoms with Gasteiger partial charge in [-0.25, -0.2) is 9.97 Å². The Labute approximate surface area is 246 Å². The molecule has 7 nitrogen and oxygen atoms in total. The molecule has 2 aliphatic heterocycles. The number of rotatable bonds is 8. The number of hydrogen-bond acceptors (Lipinski definition) is 4. The maximum atomic E-state index is 12.2. The molecule has 0 radical (unpaired) electrons. The SMILES string of the molecule is C=Cc1c(C)c2cc3[nH]c(cc4nc(cc5nc(cc1[nH]2)C(C)=C5CCC(=O)NC)C(CCC=O)=C4C)c(C)c3C=C. The van der Waals surface area contributed by atoms with Gasteiger partial charge in [0.15, 0.2) is 0 Å². The highest BCUT2D eigenvalue weighted by Gasteiger charge is 2.22. The highest BCUT2D eigenvalue weighted by molar-refractivity contribution is 5.97. The number of nitrogens with zero attached hydrogens (tertiary/aromatic N) is 2. The molecule has 0 saturated carbocycles. The van der Waals surface area contributed by atoms with Gasteiger partial charge in [-0.05, 0) is 98.2 Å². The second kappa shape index (κ2) is 11.6. The largest absolute Gasteiger partial charge is 0.359 e. The molecule has 1 amide bonds. The molecule has 3 N–H and O–H groups in total. The van der Waals surface area contributed by atoms with Gasteiger partial charge in [0.05, 0.1) is 22.8 Å². The van der Waals surface area contributed by atoms with Gasteiger partial charge in [0, 0.05) is 53.1 Å². The number of allylic oxidation sites excluding steroid dienone is 4. The lowest BCUT2D eigenvalue weighted by molar-refractivity contribution is -0.120. The lowest BCUT2D eigenvalue weighted by Gasteiger charge is -2.05. The van der Waals surface area contributed by atoms with Gasteiger partial charge < -0.3 is 20.1 Å². The van der Waals surface area contributed by atoms with Crippen LogP contribution in [-0.4, -0.2) is 39.2 Å². The van der Waals surface area contributed by atoms with E-state index in [1.54, 1.807) is 7.05 Å². The fraction of sp³-hybridized carbons (Fsp3) is 0.257. The van der Waals surface area contributed by atoms with Crippen LogP contribution >= 0.6 is 0 Å². The average molecular weight is 560 g/mol. The molecule has 3 aromatic rings. The van der Waals surface area contributed by atoms with Crippen LogP contribution in [0.4, 0.5) is 0 Å². The third-order valence-electron chi connectivity index (χ3n) is 8.43. The van der Waals surface area contributed by atoms with Crippen LogP contribution in [0.25, 0.3) is 56.5 Å². The first-order valence-corrected chi connectivity index (χ1v) is 14.3. The third-order valence-corrected chi connectivity index (χ3v) is 8.43. The Morgan fingerprint density at radius 1 is 0.762 bits per heavy atom. The number of aromatic amines is 2. The molecule has 3 aromatic heterocycles. The number of fused-ring (bicyclic) bond motifs is 8. The minimum absolute atomic E-state index is 0.0233. The summed E-state index contributed by atoms with van der Waals surface area (Å²) in [4.78, 5) is 40.9. The van der Waals surface area contributed by atoms with E-state index in [1.165, 1.54) is 0 Å². The zero-order valence-electron chi connectivity index (χ0n) is 25.0. The number of H-pyrrole nitrogens is 2. The van der Waals surface area contributed by atoms with Crippen molar-refractivity contribution in [1.29, 1.82) is 0 Å². The highest BCUT2D eigenvalue weighted by atomic mass is 16.1. The van der Waals surface area contributed by atoms with Crippen molar-refractivity contribution in [2.75, 3.05) is 7.05 Å². The summed E-state index contributed by atoms with van der Waals surface area (Å²) in [5.74, 6) is -0.0233. The van der Waals surface area contributed by atoms with Crippen LogP contribution in [-0.2, 0) is 9.59 Å². The van der Waals surface area contributed by atoms with Crippen molar-refractivity contribution >= 4 is 68.7 Å². The molecule has 0 atom stereocenters. The summed E-state index contributed by atoms with van der Waals surface area (Å²) in [6, 6.07) is 8.24. The maximum absolute atomic E-state index is 12.2. The molecule has 0 unspecified atom stereocenters. The minimum atomic E-state index is -0.0233. The summed E-state index contributed by atoms with van der Waals surface area (Å²) < 4.78 is 0. The standard InChI is InChI=1S/C35H37N5O2/c1-8-23-19(3)27-15-28-21(5)25(11-10-14-41)33(39-28)18-34-26(12-13-35(42)36-7)22(6)30(40-34)17-32-24(9-2)20(4)29(38-32)16-31(23)37-27/h8-9,14-18,37-38H,1-2,10-13H2,3-7H3,(H,36,42). The fourth-order valence-corrected chi connectivity index (χ4v) is 5.87. The number of nitrogens with one attached hydrogen (secondary N) is 3. The molecule has 5 rings (SSSR count). The minimum Gasteiger partial charge on any atom is -0.359 e. The Kier molecular flexibility index (Phi) is 7.94. The van der Waals surface area contributed by atoms with Crippen molar-refractivity contribution in [2.24, 2.45) is 0 Å². The summed E-state index contributed by atoms with van der Waals surface area (Å²) in [5, 5.41) is 2.72. The van der Waals surface area contributed by atoms with E-state index in [-0.39, 0.29) is 5.91 Å². The maximum Gasteiger partial charge on any atom is 0.220 e. The zero-order chi connectivity index (χ0) is 30.1. The summed E-state index contributed by atoms with van der Waals surface area (Å²) in [5.41, 5.74) is 15.3. The molecule has 42 heavy (non-hydrogen) atoms. The zero-order valence-corrected chi connectivity index (χ0v) is 25.0. The second-order valence-corrected chi connectivity index (χ2v) is 10.8. The molecule has 0 saturated heterocycles. The molecule has 2 aliphatic rings. The number of carbonyl (C=O) groups excluding carboxylic acids is 2. The number of hydrogen-bond donors (Lipinski definition) is 3. The van der Waals surface area contributed by atoms with Gasteiger partial charge in [0.2, 0.25) is 5.91 Å². The quantitative estimate of drug-likeness (QED) is 0.247. The Morgan fingerprint density at radius 2 is 1.26 bits per heavy atom. The van der Waals surface area contributed by atoms with Crippen LogP contribution in [0.2, 0.25) is 0 Å². The monoisotopic (exact) mass is 559 g/mol. The van der Waals surface area contributed by atoms with E-state index >= 15 is 0 Å². The highest BCUT2D eigenvalue weighted by Crippen LogP contribution is 2.38. The number of amides is 1.